The van der Waals surface area contributed by atoms with E-state index in [-0.39, 0.29) is 0 Å². The Bertz CT molecular complexity index is 156. The molecule has 0 bridgehead atoms. The number of amides is 1. The van der Waals surface area contributed by atoms with Gasteiger partial charge in [-0.25, -0.2) is 0 Å². The number of nitrogens with zero attached hydrogens (tertiary/aromatic N) is 1. The second-order valence-corrected chi connectivity index (χ2v) is 4.03. The molecule has 0 aromatic rings. The molecule has 0 radical (unpaired) electrons. The van der Waals surface area contributed by atoms with Crippen LogP contribution in [0.5, 0.6) is 0 Å². The van der Waals surface area contributed by atoms with Crippen LogP contribution >= 0.6 is 0 Å². The summed E-state index contributed by atoms with van der Waals surface area (Å²) in [4.78, 5) is 13.4. The van der Waals surface area contributed by atoms with Crippen molar-refractivity contribution >= 4 is 5.91 Å². The summed E-state index contributed by atoms with van der Waals surface area (Å²) in [6.07, 6.45) is 5.55. The minimum atomic E-state index is 0.301. The smallest absolute Gasteiger partial charge is 0.222 e. The van der Waals surface area contributed by atoms with Crippen LogP contribution in [0.15, 0.2) is 0 Å². The predicted octanol–water partition coefficient (Wildman–Crippen LogP) is 3.07. The molecule has 1 amide bonds. The van der Waals surface area contributed by atoms with Gasteiger partial charge in [-0.05, 0) is 19.3 Å². The Labute approximate surface area is 88.7 Å². The molecule has 2 heteroatoms. The van der Waals surface area contributed by atoms with Gasteiger partial charge in [-0.3, -0.25) is 4.79 Å². The molecular weight excluding hydrogens is 174 g/mol. The molecule has 14 heavy (non-hydrogen) atoms. The Hall–Kier alpha value is -0.530. The van der Waals surface area contributed by atoms with Crippen molar-refractivity contribution in [3.63, 3.8) is 0 Å². The third-order valence-corrected chi connectivity index (χ3v) is 2.91. The highest BCUT2D eigenvalue weighted by Crippen LogP contribution is 2.17. The van der Waals surface area contributed by atoms with Gasteiger partial charge >= 0.3 is 0 Å². The first kappa shape index (κ1) is 13.5. The fourth-order valence-corrected chi connectivity index (χ4v) is 1.52. The van der Waals surface area contributed by atoms with E-state index in [0.29, 0.717) is 11.8 Å². The van der Waals surface area contributed by atoms with Crippen LogP contribution in [0.1, 0.15) is 52.9 Å². The molecule has 0 aliphatic carbocycles. The quantitative estimate of drug-likeness (QED) is 0.617. The average Bonchev–Trinajstić information content (AvgIpc) is 2.22. The monoisotopic (exact) mass is 199 g/mol. The maximum Gasteiger partial charge on any atom is 0.222 e. The van der Waals surface area contributed by atoms with Crippen molar-refractivity contribution in [1.82, 2.24) is 4.90 Å². The van der Waals surface area contributed by atoms with E-state index in [9.17, 15) is 4.79 Å². The van der Waals surface area contributed by atoms with Crippen molar-refractivity contribution in [3.8, 4) is 0 Å². The second-order valence-electron chi connectivity index (χ2n) is 4.03. The first-order valence-electron chi connectivity index (χ1n) is 5.89. The summed E-state index contributed by atoms with van der Waals surface area (Å²) in [6, 6.07) is 0. The minimum Gasteiger partial charge on any atom is -0.346 e. The van der Waals surface area contributed by atoms with Crippen LogP contribution in [0.3, 0.4) is 0 Å². The second kappa shape index (κ2) is 7.84. The summed E-state index contributed by atoms with van der Waals surface area (Å²) >= 11 is 0. The normalized spacial score (nSPS) is 12.6. The van der Waals surface area contributed by atoms with Gasteiger partial charge in [0.25, 0.3) is 0 Å². The van der Waals surface area contributed by atoms with Crippen LogP contribution in [0.2, 0.25) is 0 Å². The van der Waals surface area contributed by atoms with Crippen LogP contribution in [-0.2, 0) is 4.79 Å². The Morgan fingerprint density at radius 1 is 1.29 bits per heavy atom. The van der Waals surface area contributed by atoms with Gasteiger partial charge in [0, 0.05) is 20.0 Å². The zero-order valence-corrected chi connectivity index (χ0v) is 10.2. The maximum atomic E-state index is 11.6. The van der Waals surface area contributed by atoms with E-state index in [1.54, 1.807) is 0 Å². The summed E-state index contributed by atoms with van der Waals surface area (Å²) in [5.74, 6) is 0.895. The van der Waals surface area contributed by atoms with Gasteiger partial charge in [0.1, 0.15) is 0 Å². The summed E-state index contributed by atoms with van der Waals surface area (Å²) in [5.41, 5.74) is 0. The highest BCUT2D eigenvalue weighted by molar-refractivity contribution is 5.76. The van der Waals surface area contributed by atoms with Crippen LogP contribution in [0, 0.1) is 5.92 Å². The van der Waals surface area contributed by atoms with E-state index in [2.05, 4.69) is 13.8 Å². The Kier molecular flexibility index (Phi) is 7.54. The van der Waals surface area contributed by atoms with E-state index in [1.807, 2.05) is 18.9 Å². The van der Waals surface area contributed by atoms with Crippen molar-refractivity contribution in [1.29, 1.82) is 0 Å². The summed E-state index contributed by atoms with van der Waals surface area (Å²) in [6.45, 7) is 7.22. The molecule has 0 N–H and O–H groups in total. The van der Waals surface area contributed by atoms with Crippen molar-refractivity contribution in [3.05, 3.63) is 0 Å². The number of rotatable bonds is 7. The Morgan fingerprint density at radius 2 is 1.93 bits per heavy atom. The van der Waals surface area contributed by atoms with Gasteiger partial charge in [-0.2, -0.15) is 0 Å². The molecule has 0 spiro atoms. The fourth-order valence-electron chi connectivity index (χ4n) is 1.52. The molecule has 84 valence electrons. The van der Waals surface area contributed by atoms with Crippen LogP contribution in [0.25, 0.3) is 0 Å². The molecule has 0 aliphatic heterocycles. The lowest BCUT2D eigenvalue weighted by molar-refractivity contribution is -0.130. The lowest BCUT2D eigenvalue weighted by atomic mass is 9.95. The van der Waals surface area contributed by atoms with Crippen molar-refractivity contribution in [2.24, 2.45) is 5.92 Å². The van der Waals surface area contributed by atoms with E-state index in [1.165, 1.54) is 19.3 Å². The average molecular weight is 199 g/mol. The molecule has 1 unspecified atom stereocenters. The van der Waals surface area contributed by atoms with Crippen molar-refractivity contribution in [2.45, 2.75) is 52.9 Å². The van der Waals surface area contributed by atoms with Gasteiger partial charge in [-0.1, -0.05) is 33.1 Å². The molecule has 0 saturated heterocycles. The first-order chi connectivity index (χ1) is 6.65. The van der Waals surface area contributed by atoms with Gasteiger partial charge in [0.2, 0.25) is 5.91 Å². The zero-order valence-electron chi connectivity index (χ0n) is 10.2. The molecule has 0 aromatic carbocycles. The number of carbonyl (C=O) groups excluding carboxylic acids is 1. The summed E-state index contributed by atoms with van der Waals surface area (Å²) < 4.78 is 0. The number of carbonyl (C=O) groups is 1. The molecule has 0 fully saturated rings. The molecule has 0 aromatic heterocycles. The maximum absolute atomic E-state index is 11.6. The van der Waals surface area contributed by atoms with E-state index < -0.39 is 0 Å². The molecule has 1 atom stereocenters. The standard InChI is InChI=1S/C12H25NO/c1-5-8-9-11(6-2)10-12(14)13(4)7-3/h11H,5-10H2,1-4H3. The van der Waals surface area contributed by atoms with E-state index >= 15 is 0 Å². The van der Waals surface area contributed by atoms with Crippen LogP contribution in [-0.4, -0.2) is 24.4 Å². The molecule has 0 heterocycles. The van der Waals surface area contributed by atoms with Gasteiger partial charge in [-0.15, -0.1) is 0 Å². The van der Waals surface area contributed by atoms with Crippen LogP contribution < -0.4 is 0 Å². The topological polar surface area (TPSA) is 20.3 Å². The minimum absolute atomic E-state index is 0.301. The third-order valence-electron chi connectivity index (χ3n) is 2.91. The lowest BCUT2D eigenvalue weighted by Crippen LogP contribution is -2.28. The molecule has 0 saturated carbocycles. The molecule has 0 rings (SSSR count). The fraction of sp³-hybridized carbons (Fsp3) is 0.917. The summed E-state index contributed by atoms with van der Waals surface area (Å²) in [5, 5.41) is 0. The highest BCUT2D eigenvalue weighted by Gasteiger charge is 2.13. The molecular formula is C12H25NO. The van der Waals surface area contributed by atoms with E-state index in [4.69, 9.17) is 0 Å². The SMILES string of the molecule is CCCCC(CC)CC(=O)N(C)CC. The lowest BCUT2D eigenvalue weighted by Gasteiger charge is -2.19. The van der Waals surface area contributed by atoms with Crippen molar-refractivity contribution in [2.75, 3.05) is 13.6 Å². The molecule has 0 aliphatic rings. The highest BCUT2D eigenvalue weighted by atomic mass is 16.2. The first-order valence-corrected chi connectivity index (χ1v) is 5.89. The Morgan fingerprint density at radius 3 is 2.36 bits per heavy atom. The summed E-state index contributed by atoms with van der Waals surface area (Å²) in [7, 11) is 1.88. The predicted molar refractivity (Wildman–Crippen MR) is 61.2 cm³/mol. The van der Waals surface area contributed by atoms with Gasteiger partial charge in [0.05, 0.1) is 0 Å². The number of unbranched alkanes of at least 4 members (excludes halogenated alkanes) is 1. The van der Waals surface area contributed by atoms with Gasteiger partial charge in [0.15, 0.2) is 0 Å². The zero-order chi connectivity index (χ0) is 11.0. The largest absolute Gasteiger partial charge is 0.346 e. The van der Waals surface area contributed by atoms with E-state index in [0.717, 1.165) is 19.4 Å². The van der Waals surface area contributed by atoms with Gasteiger partial charge < -0.3 is 4.90 Å². The van der Waals surface area contributed by atoms with Crippen molar-refractivity contribution < 1.29 is 4.79 Å². The number of hydrogen-bond acceptors (Lipinski definition) is 1. The number of hydrogen-bond donors (Lipinski definition) is 0. The van der Waals surface area contributed by atoms with Crippen LogP contribution in [0.4, 0.5) is 0 Å². The third kappa shape index (κ3) is 5.25. The molecule has 2 nitrogen and oxygen atoms in total. The Balaban J connectivity index is 3.85.